The molecule has 2 N–H and O–H groups in total. The molecule has 0 amide bonds. The van der Waals surface area contributed by atoms with Crippen molar-refractivity contribution in [3.63, 3.8) is 0 Å². The van der Waals surface area contributed by atoms with Gasteiger partial charge < -0.3 is 5.21 Å². The van der Waals surface area contributed by atoms with E-state index in [1.165, 1.54) is 0 Å². The molecular weight excluding hydrogens is 92.1 g/mol. The van der Waals surface area contributed by atoms with E-state index in [-0.39, 0.29) is 0 Å². The van der Waals surface area contributed by atoms with Crippen LogP contribution in [0.25, 0.3) is 0 Å². The van der Waals surface area contributed by atoms with Crippen LogP contribution in [0.3, 0.4) is 0 Å². The van der Waals surface area contributed by atoms with E-state index < -0.39 is 4.76 Å². The summed E-state index contributed by atoms with van der Waals surface area (Å²) in [5.74, 6) is 5.10. The lowest BCUT2D eigenvalue weighted by Crippen LogP contribution is -2.48. The van der Waals surface area contributed by atoms with Gasteiger partial charge in [0, 0.05) is 0 Å². The largest absolute Gasteiger partial charge is 0.612 e. The van der Waals surface area contributed by atoms with Crippen LogP contribution in [0.4, 0.5) is 0 Å². The summed E-state index contributed by atoms with van der Waals surface area (Å²) in [7, 11) is 0. The zero-order valence-electron chi connectivity index (χ0n) is 4.85. The Morgan fingerprint density at radius 3 is 1.71 bits per heavy atom. The minimum absolute atomic E-state index is 0.455. The summed E-state index contributed by atoms with van der Waals surface area (Å²) in [6.07, 6.45) is 0. The van der Waals surface area contributed by atoms with Crippen LogP contribution in [0.15, 0.2) is 0 Å². The van der Waals surface area contributed by atoms with Crippen molar-refractivity contribution < 1.29 is 4.76 Å². The molecule has 0 aliphatic carbocycles. The number of nitrogens with two attached hydrogens (primary N) is 1. The Labute approximate surface area is 43.9 Å². The van der Waals surface area contributed by atoms with Gasteiger partial charge in [0.25, 0.3) is 0 Å². The SMILES string of the molecule is CC[N+](N)([O-])CC. The highest BCUT2D eigenvalue weighted by atomic mass is 16.6. The Bertz CT molecular complexity index is 47.7. The minimum atomic E-state index is -0.611. The van der Waals surface area contributed by atoms with Gasteiger partial charge in [-0.1, -0.05) is 0 Å². The maximum atomic E-state index is 10.6. The van der Waals surface area contributed by atoms with Crippen molar-refractivity contribution in [3.05, 3.63) is 5.21 Å². The van der Waals surface area contributed by atoms with Crippen molar-refractivity contribution in [2.24, 2.45) is 5.84 Å². The fraction of sp³-hybridized carbons (Fsp3) is 1.00. The first-order valence-electron chi connectivity index (χ1n) is 2.49. The van der Waals surface area contributed by atoms with Gasteiger partial charge >= 0.3 is 0 Å². The Morgan fingerprint density at radius 1 is 1.43 bits per heavy atom. The smallest absolute Gasteiger partial charge is 0.0929 e. The van der Waals surface area contributed by atoms with E-state index in [1.54, 1.807) is 13.8 Å². The highest BCUT2D eigenvalue weighted by Gasteiger charge is 1.99. The number of hydrogen-bond donors (Lipinski definition) is 1. The Morgan fingerprint density at radius 2 is 1.71 bits per heavy atom. The topological polar surface area (TPSA) is 49.1 Å². The molecule has 0 unspecified atom stereocenters. The summed E-state index contributed by atoms with van der Waals surface area (Å²) in [5.41, 5.74) is 0. The lowest BCUT2D eigenvalue weighted by molar-refractivity contribution is -0.889. The summed E-state index contributed by atoms with van der Waals surface area (Å²) in [5, 5.41) is 10.6. The van der Waals surface area contributed by atoms with Crippen molar-refractivity contribution in [2.75, 3.05) is 13.1 Å². The van der Waals surface area contributed by atoms with Gasteiger partial charge in [-0.15, -0.1) is 0 Å². The highest BCUT2D eigenvalue weighted by molar-refractivity contribution is 4.22. The third-order valence-corrected chi connectivity index (χ3v) is 1.07. The highest BCUT2D eigenvalue weighted by Crippen LogP contribution is 1.88. The second kappa shape index (κ2) is 2.26. The average molecular weight is 104 g/mol. The molecule has 0 aromatic carbocycles. The molecule has 0 aromatic rings. The molecule has 0 saturated heterocycles. The maximum absolute atomic E-state index is 10.6. The summed E-state index contributed by atoms with van der Waals surface area (Å²) < 4.78 is -0.611. The first kappa shape index (κ1) is 6.88. The number of hydrogen-bond acceptors (Lipinski definition) is 2. The Kier molecular flexibility index (Phi) is 2.22. The number of rotatable bonds is 2. The quantitative estimate of drug-likeness (QED) is 0.309. The van der Waals surface area contributed by atoms with E-state index >= 15 is 0 Å². The normalized spacial score (nSPS) is 12.0. The van der Waals surface area contributed by atoms with Crippen LogP contribution in [0.2, 0.25) is 0 Å². The molecule has 0 aliphatic rings. The predicted molar refractivity (Wildman–Crippen MR) is 28.9 cm³/mol. The molecular formula is C4H12N2O. The molecule has 0 rings (SSSR count). The molecule has 0 saturated carbocycles. The lowest BCUT2D eigenvalue weighted by Gasteiger charge is -2.33. The van der Waals surface area contributed by atoms with Gasteiger partial charge in [-0.3, -0.25) is 4.76 Å². The molecule has 7 heavy (non-hydrogen) atoms. The van der Waals surface area contributed by atoms with E-state index in [0.717, 1.165) is 0 Å². The molecule has 0 aromatic heterocycles. The van der Waals surface area contributed by atoms with Crippen molar-refractivity contribution >= 4 is 0 Å². The zero-order valence-corrected chi connectivity index (χ0v) is 4.85. The molecule has 44 valence electrons. The van der Waals surface area contributed by atoms with Gasteiger partial charge in [0.15, 0.2) is 0 Å². The van der Waals surface area contributed by atoms with E-state index in [1.807, 2.05) is 0 Å². The average Bonchev–Trinajstić information content (AvgIpc) is 1.68. The molecule has 0 bridgehead atoms. The first-order valence-corrected chi connectivity index (χ1v) is 2.49. The first-order chi connectivity index (χ1) is 3.12. The molecule has 0 atom stereocenters. The van der Waals surface area contributed by atoms with Gasteiger partial charge in [-0.05, 0) is 13.8 Å². The van der Waals surface area contributed by atoms with Crippen molar-refractivity contribution in [3.8, 4) is 0 Å². The van der Waals surface area contributed by atoms with Gasteiger partial charge in [0.1, 0.15) is 0 Å². The van der Waals surface area contributed by atoms with Crippen molar-refractivity contribution in [2.45, 2.75) is 13.8 Å². The number of nitrogens with zero attached hydrogens (tertiary/aromatic N) is 1. The predicted octanol–water partition coefficient (Wildman–Crippen LogP) is 0.215. The number of hydroxylamine groups is 2. The summed E-state index contributed by atoms with van der Waals surface area (Å²) in [6, 6.07) is 0. The maximum Gasteiger partial charge on any atom is 0.0929 e. The van der Waals surface area contributed by atoms with Gasteiger partial charge in [-0.2, -0.15) is 5.84 Å². The monoisotopic (exact) mass is 104 g/mol. The molecule has 0 radical (unpaired) electrons. The second-order valence-corrected chi connectivity index (χ2v) is 1.58. The van der Waals surface area contributed by atoms with Crippen LogP contribution in [-0.4, -0.2) is 17.8 Å². The van der Waals surface area contributed by atoms with Crippen LogP contribution < -0.4 is 5.84 Å². The molecule has 3 nitrogen and oxygen atoms in total. The summed E-state index contributed by atoms with van der Waals surface area (Å²) in [6.45, 7) is 4.46. The summed E-state index contributed by atoms with van der Waals surface area (Å²) >= 11 is 0. The fourth-order valence-electron chi connectivity index (χ4n) is 0.224. The Hall–Kier alpha value is -0.120. The van der Waals surface area contributed by atoms with Crippen LogP contribution in [0.5, 0.6) is 0 Å². The van der Waals surface area contributed by atoms with Gasteiger partial charge in [0.05, 0.1) is 13.1 Å². The van der Waals surface area contributed by atoms with Gasteiger partial charge in [-0.25, -0.2) is 0 Å². The van der Waals surface area contributed by atoms with Crippen molar-refractivity contribution in [1.82, 2.24) is 0 Å². The van der Waals surface area contributed by atoms with Gasteiger partial charge in [0.2, 0.25) is 0 Å². The number of quaternary nitrogens is 1. The van der Waals surface area contributed by atoms with E-state index in [2.05, 4.69) is 0 Å². The standard InChI is InChI=1S/C4H12N2O/c1-3-6(5,7)4-2/h3-5H2,1-2H3. The third-order valence-electron chi connectivity index (χ3n) is 1.07. The van der Waals surface area contributed by atoms with Crippen LogP contribution in [-0.2, 0) is 0 Å². The molecule has 0 aliphatic heterocycles. The Balaban J connectivity index is 3.36. The summed E-state index contributed by atoms with van der Waals surface area (Å²) in [4.78, 5) is 0. The van der Waals surface area contributed by atoms with Crippen LogP contribution in [0.1, 0.15) is 13.8 Å². The second-order valence-electron chi connectivity index (χ2n) is 1.58. The fourth-order valence-corrected chi connectivity index (χ4v) is 0.224. The zero-order chi connectivity index (χ0) is 5.91. The van der Waals surface area contributed by atoms with E-state index in [0.29, 0.717) is 13.1 Å². The molecule has 0 heterocycles. The minimum Gasteiger partial charge on any atom is -0.612 e. The van der Waals surface area contributed by atoms with Crippen LogP contribution in [0, 0.1) is 5.21 Å². The molecule has 3 heteroatoms. The molecule has 0 fully saturated rings. The van der Waals surface area contributed by atoms with E-state index in [9.17, 15) is 5.21 Å². The lowest BCUT2D eigenvalue weighted by atomic mass is 10.6. The van der Waals surface area contributed by atoms with Crippen molar-refractivity contribution in [1.29, 1.82) is 0 Å². The van der Waals surface area contributed by atoms with Crippen LogP contribution >= 0.6 is 0 Å². The molecule has 0 spiro atoms. The third kappa shape index (κ3) is 2.56. The van der Waals surface area contributed by atoms with E-state index in [4.69, 9.17) is 5.84 Å².